The second-order valence-corrected chi connectivity index (χ2v) is 2.52. The van der Waals surface area contributed by atoms with Crippen LogP contribution in [0.4, 0.5) is 0 Å². The second-order valence-electron chi connectivity index (χ2n) is 2.52. The number of aliphatic hydroxyl groups excluding tert-OH is 1. The second kappa shape index (κ2) is 3.32. The summed E-state index contributed by atoms with van der Waals surface area (Å²) < 4.78 is 0. The molecule has 1 rings (SSSR count). The van der Waals surface area contributed by atoms with Crippen molar-refractivity contribution in [2.24, 2.45) is 5.73 Å². The van der Waals surface area contributed by atoms with E-state index in [1.54, 1.807) is 13.0 Å². The van der Waals surface area contributed by atoms with E-state index in [0.29, 0.717) is 5.56 Å². The number of hydrogen-bond donors (Lipinski definition) is 2. The third-order valence-corrected chi connectivity index (χ3v) is 1.52. The molecule has 0 saturated carbocycles. The van der Waals surface area contributed by atoms with Gasteiger partial charge in [-0.1, -0.05) is 6.07 Å². The van der Waals surface area contributed by atoms with Crippen LogP contribution in [0.3, 0.4) is 0 Å². The fourth-order valence-corrected chi connectivity index (χ4v) is 0.798. The predicted molar refractivity (Wildman–Crippen MR) is 43.4 cm³/mol. The maximum atomic E-state index is 10.6. The van der Waals surface area contributed by atoms with E-state index in [1.165, 1.54) is 12.3 Å². The van der Waals surface area contributed by atoms with Crippen LogP contribution in [0.5, 0.6) is 0 Å². The molecule has 1 aromatic heterocycles. The van der Waals surface area contributed by atoms with Crippen LogP contribution >= 0.6 is 0 Å². The van der Waals surface area contributed by atoms with Gasteiger partial charge in [0.25, 0.3) is 5.91 Å². The molecule has 0 radical (unpaired) electrons. The maximum absolute atomic E-state index is 10.6. The maximum Gasteiger partial charge on any atom is 0.267 e. The number of primary amides is 1. The molecule has 1 amide bonds. The van der Waals surface area contributed by atoms with Gasteiger partial charge in [0, 0.05) is 6.20 Å². The van der Waals surface area contributed by atoms with Gasteiger partial charge in [-0.15, -0.1) is 0 Å². The van der Waals surface area contributed by atoms with Gasteiger partial charge in [0.2, 0.25) is 0 Å². The molecular weight excluding hydrogens is 156 g/mol. The summed E-state index contributed by atoms with van der Waals surface area (Å²) in [5.74, 6) is -0.563. The van der Waals surface area contributed by atoms with Crippen LogP contribution in [0, 0.1) is 0 Å². The molecule has 12 heavy (non-hydrogen) atoms. The van der Waals surface area contributed by atoms with E-state index in [2.05, 4.69) is 4.98 Å². The Hall–Kier alpha value is -1.42. The van der Waals surface area contributed by atoms with E-state index in [0.717, 1.165) is 0 Å². The van der Waals surface area contributed by atoms with Gasteiger partial charge in [-0.3, -0.25) is 9.78 Å². The minimum Gasteiger partial charge on any atom is -0.389 e. The summed E-state index contributed by atoms with van der Waals surface area (Å²) in [6.45, 7) is 1.63. The largest absolute Gasteiger partial charge is 0.389 e. The molecular formula is C8H10N2O2. The van der Waals surface area contributed by atoms with Crippen LogP contribution < -0.4 is 5.73 Å². The molecule has 0 aliphatic rings. The molecule has 0 aromatic carbocycles. The van der Waals surface area contributed by atoms with Crippen molar-refractivity contribution in [1.29, 1.82) is 0 Å². The number of amides is 1. The first-order valence-electron chi connectivity index (χ1n) is 3.55. The zero-order valence-electron chi connectivity index (χ0n) is 6.69. The van der Waals surface area contributed by atoms with Crippen molar-refractivity contribution >= 4 is 5.91 Å². The van der Waals surface area contributed by atoms with E-state index in [-0.39, 0.29) is 5.69 Å². The van der Waals surface area contributed by atoms with Gasteiger partial charge in [-0.25, -0.2) is 0 Å². The summed E-state index contributed by atoms with van der Waals surface area (Å²) in [6, 6.07) is 3.11. The molecule has 1 heterocycles. The lowest BCUT2D eigenvalue weighted by atomic mass is 10.2. The standard InChI is InChI=1S/C8H10N2O2/c1-5(11)6-2-3-7(8(9)12)10-4-6/h2-5,11H,1H3,(H2,9,12). The summed E-state index contributed by atoms with van der Waals surface area (Å²) in [5, 5.41) is 9.10. The predicted octanol–water partition coefficient (Wildman–Crippen LogP) is 0.234. The monoisotopic (exact) mass is 166 g/mol. The third kappa shape index (κ3) is 1.79. The molecule has 0 aliphatic carbocycles. The molecule has 4 nitrogen and oxygen atoms in total. The number of hydrogen-bond acceptors (Lipinski definition) is 3. The highest BCUT2D eigenvalue weighted by Crippen LogP contribution is 2.09. The third-order valence-electron chi connectivity index (χ3n) is 1.52. The summed E-state index contributed by atoms with van der Waals surface area (Å²) >= 11 is 0. The summed E-state index contributed by atoms with van der Waals surface area (Å²) in [6.07, 6.45) is 0.865. The van der Waals surface area contributed by atoms with Crippen LogP contribution in [0.2, 0.25) is 0 Å². The zero-order chi connectivity index (χ0) is 9.14. The molecule has 1 aromatic rings. The minimum absolute atomic E-state index is 0.208. The van der Waals surface area contributed by atoms with E-state index in [1.807, 2.05) is 0 Å². The van der Waals surface area contributed by atoms with Gasteiger partial charge in [0.1, 0.15) is 5.69 Å². The molecule has 1 atom stereocenters. The Labute approximate surface area is 70.0 Å². The van der Waals surface area contributed by atoms with Crippen molar-refractivity contribution in [2.75, 3.05) is 0 Å². The Kier molecular flexibility index (Phi) is 2.40. The minimum atomic E-state index is -0.570. The van der Waals surface area contributed by atoms with E-state index < -0.39 is 12.0 Å². The Morgan fingerprint density at radius 1 is 1.67 bits per heavy atom. The Morgan fingerprint density at radius 2 is 2.33 bits per heavy atom. The van der Waals surface area contributed by atoms with Crippen molar-refractivity contribution < 1.29 is 9.90 Å². The van der Waals surface area contributed by atoms with Gasteiger partial charge in [-0.2, -0.15) is 0 Å². The Bertz CT molecular complexity index is 280. The van der Waals surface area contributed by atoms with Gasteiger partial charge >= 0.3 is 0 Å². The number of nitrogens with zero attached hydrogens (tertiary/aromatic N) is 1. The smallest absolute Gasteiger partial charge is 0.267 e. The van der Waals surface area contributed by atoms with E-state index in [9.17, 15) is 4.79 Å². The number of carbonyl (C=O) groups is 1. The number of carbonyl (C=O) groups excluding carboxylic acids is 1. The van der Waals surface area contributed by atoms with Crippen LogP contribution in [-0.2, 0) is 0 Å². The van der Waals surface area contributed by atoms with Crippen molar-refractivity contribution in [3.05, 3.63) is 29.6 Å². The fourth-order valence-electron chi connectivity index (χ4n) is 0.798. The first-order chi connectivity index (χ1) is 5.61. The molecule has 3 N–H and O–H groups in total. The quantitative estimate of drug-likeness (QED) is 0.660. The molecule has 1 unspecified atom stereocenters. The Morgan fingerprint density at radius 3 is 2.67 bits per heavy atom. The lowest BCUT2D eigenvalue weighted by molar-refractivity contribution is 0.0995. The van der Waals surface area contributed by atoms with Crippen LogP contribution in [0.1, 0.15) is 29.1 Å². The number of aliphatic hydroxyl groups is 1. The van der Waals surface area contributed by atoms with Crippen molar-refractivity contribution in [1.82, 2.24) is 4.98 Å². The van der Waals surface area contributed by atoms with Gasteiger partial charge < -0.3 is 10.8 Å². The van der Waals surface area contributed by atoms with Crippen LogP contribution in [0.15, 0.2) is 18.3 Å². The molecule has 0 saturated heterocycles. The highest BCUT2D eigenvalue weighted by molar-refractivity contribution is 5.90. The van der Waals surface area contributed by atoms with E-state index in [4.69, 9.17) is 10.8 Å². The summed E-state index contributed by atoms with van der Waals surface area (Å²) in [4.78, 5) is 14.3. The van der Waals surface area contributed by atoms with Gasteiger partial charge in [0.05, 0.1) is 6.10 Å². The normalized spacial score (nSPS) is 12.5. The molecule has 0 fully saturated rings. The van der Waals surface area contributed by atoms with Crippen molar-refractivity contribution in [2.45, 2.75) is 13.0 Å². The highest BCUT2D eigenvalue weighted by atomic mass is 16.3. The molecule has 0 spiro atoms. The average Bonchev–Trinajstić information content (AvgIpc) is 2.04. The SMILES string of the molecule is CC(O)c1ccc(C(N)=O)nc1. The van der Waals surface area contributed by atoms with Crippen LogP contribution in [0.25, 0.3) is 0 Å². The molecule has 4 heteroatoms. The van der Waals surface area contributed by atoms with Crippen molar-refractivity contribution in [3.63, 3.8) is 0 Å². The number of aromatic nitrogens is 1. The highest BCUT2D eigenvalue weighted by Gasteiger charge is 2.03. The first kappa shape index (κ1) is 8.67. The van der Waals surface area contributed by atoms with Crippen LogP contribution in [-0.4, -0.2) is 16.0 Å². The average molecular weight is 166 g/mol. The lowest BCUT2D eigenvalue weighted by Gasteiger charge is -2.02. The topological polar surface area (TPSA) is 76.2 Å². The van der Waals surface area contributed by atoms with Crippen molar-refractivity contribution in [3.8, 4) is 0 Å². The Balaban J connectivity index is 2.93. The van der Waals surface area contributed by atoms with E-state index >= 15 is 0 Å². The molecule has 0 bridgehead atoms. The van der Waals surface area contributed by atoms with Gasteiger partial charge in [-0.05, 0) is 18.6 Å². The molecule has 64 valence electrons. The lowest BCUT2D eigenvalue weighted by Crippen LogP contribution is -2.12. The fraction of sp³-hybridized carbons (Fsp3) is 0.250. The number of nitrogens with two attached hydrogens (primary N) is 1. The first-order valence-corrected chi connectivity index (χ1v) is 3.55. The van der Waals surface area contributed by atoms with Gasteiger partial charge in [0.15, 0.2) is 0 Å². The zero-order valence-corrected chi connectivity index (χ0v) is 6.69. The summed E-state index contributed by atoms with van der Waals surface area (Å²) in [5.41, 5.74) is 5.85. The molecule has 0 aliphatic heterocycles. The summed E-state index contributed by atoms with van der Waals surface area (Å²) in [7, 11) is 0. The number of pyridine rings is 1. The number of rotatable bonds is 2.